The minimum Gasteiger partial charge on any atom is -0.406 e. The molecule has 0 saturated carbocycles. The third-order valence-electron chi connectivity index (χ3n) is 2.61. The Morgan fingerprint density at radius 1 is 1.33 bits per heavy atom. The number of nitrogens with two attached hydrogens (primary N) is 1. The zero-order valence-electron chi connectivity index (χ0n) is 10.7. The summed E-state index contributed by atoms with van der Waals surface area (Å²) < 4.78 is 5.42. The van der Waals surface area contributed by atoms with Crippen molar-refractivity contribution in [2.45, 2.75) is 32.7 Å². The average molecular weight is 246 g/mol. The van der Waals surface area contributed by atoms with E-state index in [1.807, 2.05) is 25.1 Å². The lowest BCUT2D eigenvalue weighted by Gasteiger charge is -2.07. The van der Waals surface area contributed by atoms with Crippen molar-refractivity contribution in [2.75, 3.05) is 5.32 Å². The normalized spacial score (nSPS) is 12.4. The Kier molecular flexibility index (Phi) is 3.94. The molecule has 0 bridgehead atoms. The molecule has 96 valence electrons. The van der Waals surface area contributed by atoms with Crippen molar-refractivity contribution in [1.29, 1.82) is 0 Å². The molecule has 1 aromatic heterocycles. The highest BCUT2D eigenvalue weighted by Crippen LogP contribution is 2.22. The third-order valence-corrected chi connectivity index (χ3v) is 2.61. The molecule has 0 fully saturated rings. The lowest BCUT2D eigenvalue weighted by atomic mass is 10.1. The van der Waals surface area contributed by atoms with Gasteiger partial charge in [-0.25, -0.2) is 0 Å². The number of hydrogen-bond acceptors (Lipinski definition) is 5. The van der Waals surface area contributed by atoms with Crippen molar-refractivity contribution in [2.24, 2.45) is 5.73 Å². The first-order chi connectivity index (χ1) is 8.70. The number of rotatable bonds is 5. The molecule has 3 N–H and O–H groups in total. The van der Waals surface area contributed by atoms with Crippen LogP contribution in [0.5, 0.6) is 0 Å². The van der Waals surface area contributed by atoms with Crippen LogP contribution in [-0.2, 0) is 6.42 Å². The fourth-order valence-corrected chi connectivity index (χ4v) is 1.71. The van der Waals surface area contributed by atoms with E-state index in [1.54, 1.807) is 0 Å². The van der Waals surface area contributed by atoms with Gasteiger partial charge in [0, 0.05) is 5.69 Å². The number of anilines is 2. The Labute approximate surface area is 106 Å². The summed E-state index contributed by atoms with van der Waals surface area (Å²) in [5, 5.41) is 10.9. The second-order valence-electron chi connectivity index (χ2n) is 4.27. The SMILES string of the molecule is CCCc1ccccc1Nc1nnc(C(C)N)o1. The highest BCUT2D eigenvalue weighted by atomic mass is 16.4. The summed E-state index contributed by atoms with van der Waals surface area (Å²) in [5.41, 5.74) is 7.91. The van der Waals surface area contributed by atoms with Crippen LogP contribution in [0, 0.1) is 0 Å². The topological polar surface area (TPSA) is 77.0 Å². The molecule has 5 heteroatoms. The zero-order valence-corrected chi connectivity index (χ0v) is 10.7. The molecule has 0 spiro atoms. The fraction of sp³-hybridized carbons (Fsp3) is 0.385. The smallest absolute Gasteiger partial charge is 0.320 e. The minimum atomic E-state index is -0.251. The molecule has 0 saturated heterocycles. The second kappa shape index (κ2) is 5.64. The van der Waals surface area contributed by atoms with Crippen molar-refractivity contribution >= 4 is 11.7 Å². The van der Waals surface area contributed by atoms with E-state index in [2.05, 4.69) is 28.5 Å². The van der Waals surface area contributed by atoms with Gasteiger partial charge in [-0.05, 0) is 25.0 Å². The molecule has 2 aromatic rings. The molecule has 18 heavy (non-hydrogen) atoms. The molecule has 1 unspecified atom stereocenters. The van der Waals surface area contributed by atoms with Crippen molar-refractivity contribution in [3.05, 3.63) is 35.7 Å². The van der Waals surface area contributed by atoms with E-state index in [9.17, 15) is 0 Å². The predicted octanol–water partition coefficient (Wildman–Crippen LogP) is 2.79. The van der Waals surface area contributed by atoms with Crippen LogP contribution in [0.3, 0.4) is 0 Å². The molecule has 0 aliphatic rings. The Bertz CT molecular complexity index is 507. The van der Waals surface area contributed by atoms with Gasteiger partial charge in [0.2, 0.25) is 5.89 Å². The second-order valence-corrected chi connectivity index (χ2v) is 4.27. The molecular weight excluding hydrogens is 228 g/mol. The standard InChI is InChI=1S/C13H18N4O/c1-3-6-10-7-4-5-8-11(10)15-13-17-16-12(18-13)9(2)14/h4-5,7-9H,3,6,14H2,1-2H3,(H,15,17). The van der Waals surface area contributed by atoms with Crippen molar-refractivity contribution in [3.63, 3.8) is 0 Å². The lowest BCUT2D eigenvalue weighted by Crippen LogP contribution is -2.04. The Morgan fingerprint density at radius 2 is 2.11 bits per heavy atom. The van der Waals surface area contributed by atoms with E-state index in [0.717, 1.165) is 18.5 Å². The largest absolute Gasteiger partial charge is 0.406 e. The van der Waals surface area contributed by atoms with Crippen LogP contribution in [0.4, 0.5) is 11.7 Å². The number of benzene rings is 1. The Balaban J connectivity index is 2.17. The van der Waals surface area contributed by atoms with Crippen LogP contribution < -0.4 is 11.1 Å². The number of hydrogen-bond donors (Lipinski definition) is 2. The summed E-state index contributed by atoms with van der Waals surface area (Å²) >= 11 is 0. The van der Waals surface area contributed by atoms with E-state index >= 15 is 0 Å². The van der Waals surface area contributed by atoms with Gasteiger partial charge in [-0.15, -0.1) is 5.10 Å². The summed E-state index contributed by atoms with van der Waals surface area (Å²) in [6, 6.07) is 8.22. The summed E-state index contributed by atoms with van der Waals surface area (Å²) in [4.78, 5) is 0. The highest BCUT2D eigenvalue weighted by Gasteiger charge is 2.10. The maximum absolute atomic E-state index is 5.67. The van der Waals surface area contributed by atoms with Gasteiger partial charge in [0.05, 0.1) is 6.04 Å². The maximum Gasteiger partial charge on any atom is 0.320 e. The third kappa shape index (κ3) is 2.87. The Morgan fingerprint density at radius 3 is 2.78 bits per heavy atom. The first kappa shape index (κ1) is 12.6. The van der Waals surface area contributed by atoms with Crippen LogP contribution in [-0.4, -0.2) is 10.2 Å². The van der Waals surface area contributed by atoms with Crippen molar-refractivity contribution in [1.82, 2.24) is 10.2 Å². The van der Waals surface area contributed by atoms with E-state index in [1.165, 1.54) is 5.56 Å². The van der Waals surface area contributed by atoms with Crippen LogP contribution in [0.15, 0.2) is 28.7 Å². The van der Waals surface area contributed by atoms with Gasteiger partial charge in [-0.3, -0.25) is 0 Å². The van der Waals surface area contributed by atoms with Gasteiger partial charge in [0.25, 0.3) is 0 Å². The van der Waals surface area contributed by atoms with Gasteiger partial charge >= 0.3 is 6.01 Å². The first-order valence-corrected chi connectivity index (χ1v) is 6.14. The Hall–Kier alpha value is -1.88. The highest BCUT2D eigenvalue weighted by molar-refractivity contribution is 5.57. The van der Waals surface area contributed by atoms with Gasteiger partial charge in [0.1, 0.15) is 0 Å². The van der Waals surface area contributed by atoms with Gasteiger partial charge < -0.3 is 15.5 Å². The predicted molar refractivity (Wildman–Crippen MR) is 70.6 cm³/mol. The monoisotopic (exact) mass is 246 g/mol. The molecule has 1 heterocycles. The number of aromatic nitrogens is 2. The molecule has 1 aromatic carbocycles. The molecular formula is C13H18N4O. The molecule has 0 aliphatic heterocycles. The van der Waals surface area contributed by atoms with Crippen LogP contribution in [0.1, 0.15) is 37.8 Å². The van der Waals surface area contributed by atoms with E-state index in [4.69, 9.17) is 10.2 Å². The summed E-state index contributed by atoms with van der Waals surface area (Å²) in [6.07, 6.45) is 2.10. The molecule has 0 radical (unpaired) electrons. The number of nitrogens with one attached hydrogen (secondary N) is 1. The van der Waals surface area contributed by atoms with Crippen molar-refractivity contribution < 1.29 is 4.42 Å². The van der Waals surface area contributed by atoms with Gasteiger partial charge in [-0.2, -0.15) is 0 Å². The zero-order chi connectivity index (χ0) is 13.0. The molecule has 2 rings (SSSR count). The first-order valence-electron chi connectivity index (χ1n) is 6.14. The van der Waals surface area contributed by atoms with E-state index in [-0.39, 0.29) is 6.04 Å². The van der Waals surface area contributed by atoms with Crippen molar-refractivity contribution in [3.8, 4) is 0 Å². The van der Waals surface area contributed by atoms with Crippen LogP contribution in [0.25, 0.3) is 0 Å². The van der Waals surface area contributed by atoms with Crippen LogP contribution in [0.2, 0.25) is 0 Å². The molecule has 1 atom stereocenters. The fourth-order valence-electron chi connectivity index (χ4n) is 1.71. The van der Waals surface area contributed by atoms with Crippen LogP contribution >= 0.6 is 0 Å². The number of nitrogens with zero attached hydrogens (tertiary/aromatic N) is 2. The number of para-hydroxylation sites is 1. The lowest BCUT2D eigenvalue weighted by molar-refractivity contribution is 0.475. The summed E-state index contributed by atoms with van der Waals surface area (Å²) in [7, 11) is 0. The molecule has 5 nitrogen and oxygen atoms in total. The summed E-state index contributed by atoms with van der Waals surface area (Å²) in [5.74, 6) is 0.436. The maximum atomic E-state index is 5.67. The summed E-state index contributed by atoms with van der Waals surface area (Å²) in [6.45, 7) is 3.96. The van der Waals surface area contributed by atoms with E-state index < -0.39 is 0 Å². The quantitative estimate of drug-likeness (QED) is 0.848. The van der Waals surface area contributed by atoms with E-state index in [0.29, 0.717) is 11.9 Å². The van der Waals surface area contributed by atoms with Gasteiger partial charge in [-0.1, -0.05) is 36.6 Å². The molecule has 0 aliphatic carbocycles. The average Bonchev–Trinajstić information content (AvgIpc) is 2.81. The van der Waals surface area contributed by atoms with Gasteiger partial charge in [0.15, 0.2) is 0 Å². The number of aryl methyl sites for hydroxylation is 1. The molecule has 0 amide bonds. The minimum absolute atomic E-state index is 0.251.